The molecule has 0 saturated heterocycles. The zero-order valence-corrected chi connectivity index (χ0v) is 16.8. The third-order valence-electron chi connectivity index (χ3n) is 7.46. The van der Waals surface area contributed by atoms with E-state index in [0.29, 0.717) is 23.3 Å². The van der Waals surface area contributed by atoms with E-state index in [1.54, 1.807) is 18.2 Å². The molecule has 0 aliphatic heterocycles. The normalized spacial score (nSPS) is 23.5. The average Bonchev–Trinajstić information content (AvgIpc) is 3.16. The minimum atomic E-state index is -0.337. The van der Waals surface area contributed by atoms with Crippen LogP contribution in [0.2, 0.25) is 0 Å². The molecule has 5 nitrogen and oxygen atoms in total. The molecule has 1 fully saturated rings. The van der Waals surface area contributed by atoms with Gasteiger partial charge >= 0.3 is 0 Å². The molecule has 3 aromatic rings. The molecule has 1 spiro atoms. The highest BCUT2D eigenvalue weighted by atomic mass is 16.3. The Kier molecular flexibility index (Phi) is 3.51. The van der Waals surface area contributed by atoms with Crippen molar-refractivity contribution in [3.05, 3.63) is 58.7 Å². The fourth-order valence-corrected chi connectivity index (χ4v) is 6.18. The maximum Gasteiger partial charge on any atom is 0.169 e. The van der Waals surface area contributed by atoms with Crippen molar-refractivity contribution in [3.63, 3.8) is 0 Å². The molecule has 3 aliphatic carbocycles. The lowest BCUT2D eigenvalue weighted by Gasteiger charge is -2.43. The van der Waals surface area contributed by atoms with Crippen LogP contribution in [-0.2, 0) is 5.41 Å². The summed E-state index contributed by atoms with van der Waals surface area (Å²) in [5.41, 5.74) is 4.17. The van der Waals surface area contributed by atoms with Gasteiger partial charge in [-0.25, -0.2) is 0 Å². The zero-order chi connectivity index (χ0) is 21.5. The number of allylic oxidation sites excluding steroid dienone is 2. The number of fused-ring (bicyclic) bond motifs is 1. The first-order valence-electron chi connectivity index (χ1n) is 10.6. The fraction of sp³-hybridized carbons (Fsp3) is 0.231. The Morgan fingerprint density at radius 2 is 1.71 bits per heavy atom. The Morgan fingerprint density at radius 3 is 2.55 bits per heavy atom. The SMILES string of the molecule is Oc1cc2c3c(c1O)C=CC1CCCC31CC(c1cc(O)c(O)c3c(O)cccc13)=C2. The first-order chi connectivity index (χ1) is 14.9. The Hall–Kier alpha value is -3.60. The van der Waals surface area contributed by atoms with Crippen molar-refractivity contribution >= 4 is 28.5 Å². The molecule has 0 aromatic heterocycles. The first-order valence-corrected chi connectivity index (χ1v) is 10.6. The second-order valence-corrected chi connectivity index (χ2v) is 8.97. The van der Waals surface area contributed by atoms with Gasteiger partial charge in [-0.05, 0) is 71.0 Å². The average molecular weight is 414 g/mol. The monoisotopic (exact) mass is 414 g/mol. The molecule has 3 aliphatic rings. The van der Waals surface area contributed by atoms with Gasteiger partial charge in [0, 0.05) is 11.0 Å². The number of benzene rings is 3. The van der Waals surface area contributed by atoms with E-state index in [9.17, 15) is 25.5 Å². The van der Waals surface area contributed by atoms with E-state index in [1.165, 1.54) is 6.07 Å². The Morgan fingerprint density at radius 1 is 0.903 bits per heavy atom. The highest BCUT2D eigenvalue weighted by molar-refractivity contribution is 6.05. The second kappa shape index (κ2) is 5.97. The van der Waals surface area contributed by atoms with Crippen LogP contribution in [0.5, 0.6) is 28.7 Å². The van der Waals surface area contributed by atoms with Gasteiger partial charge in [0.1, 0.15) is 5.75 Å². The third-order valence-corrected chi connectivity index (χ3v) is 7.46. The molecular weight excluding hydrogens is 392 g/mol. The molecule has 6 rings (SSSR count). The summed E-state index contributed by atoms with van der Waals surface area (Å²) in [5.74, 6) is -0.610. The van der Waals surface area contributed by atoms with Crippen molar-refractivity contribution in [1.29, 1.82) is 0 Å². The van der Waals surface area contributed by atoms with Gasteiger partial charge in [0.15, 0.2) is 23.0 Å². The minimum absolute atomic E-state index is 0.0748. The molecule has 0 heterocycles. The number of rotatable bonds is 1. The van der Waals surface area contributed by atoms with Crippen molar-refractivity contribution < 1.29 is 25.5 Å². The number of phenolic OH excluding ortho intramolecular Hbond substituents is 5. The van der Waals surface area contributed by atoms with Crippen LogP contribution in [0.3, 0.4) is 0 Å². The second-order valence-electron chi connectivity index (χ2n) is 8.97. The van der Waals surface area contributed by atoms with Gasteiger partial charge < -0.3 is 25.5 Å². The maximum absolute atomic E-state index is 10.5. The van der Waals surface area contributed by atoms with Gasteiger partial charge in [-0.1, -0.05) is 36.8 Å². The molecule has 5 N–H and O–H groups in total. The van der Waals surface area contributed by atoms with Crippen LogP contribution in [0.15, 0.2) is 36.4 Å². The van der Waals surface area contributed by atoms with Gasteiger partial charge in [-0.15, -0.1) is 0 Å². The summed E-state index contributed by atoms with van der Waals surface area (Å²) < 4.78 is 0. The van der Waals surface area contributed by atoms with E-state index in [0.717, 1.165) is 41.5 Å². The van der Waals surface area contributed by atoms with Crippen LogP contribution in [0, 0.1) is 5.92 Å². The number of aromatic hydroxyl groups is 5. The predicted molar refractivity (Wildman–Crippen MR) is 119 cm³/mol. The lowest BCUT2D eigenvalue weighted by atomic mass is 9.60. The van der Waals surface area contributed by atoms with Gasteiger partial charge in [-0.2, -0.15) is 0 Å². The van der Waals surface area contributed by atoms with Gasteiger partial charge in [0.2, 0.25) is 0 Å². The summed E-state index contributed by atoms with van der Waals surface area (Å²) in [6.07, 6.45) is 9.89. The maximum atomic E-state index is 10.5. The van der Waals surface area contributed by atoms with Crippen LogP contribution in [0.4, 0.5) is 0 Å². The predicted octanol–water partition coefficient (Wildman–Crippen LogP) is 5.38. The first kappa shape index (κ1) is 18.2. The largest absolute Gasteiger partial charge is 0.507 e. The highest BCUT2D eigenvalue weighted by Gasteiger charge is 2.49. The highest BCUT2D eigenvalue weighted by Crippen LogP contribution is 2.61. The Bertz CT molecular complexity index is 1350. The molecule has 0 amide bonds. The van der Waals surface area contributed by atoms with Gasteiger partial charge in [0.05, 0.1) is 5.39 Å². The van der Waals surface area contributed by atoms with Crippen molar-refractivity contribution in [2.75, 3.05) is 0 Å². The third kappa shape index (κ3) is 2.26. The molecule has 0 bridgehead atoms. The van der Waals surface area contributed by atoms with E-state index >= 15 is 0 Å². The van der Waals surface area contributed by atoms with E-state index in [-0.39, 0.29) is 39.5 Å². The van der Waals surface area contributed by atoms with Crippen LogP contribution >= 0.6 is 0 Å². The molecule has 31 heavy (non-hydrogen) atoms. The fourth-order valence-electron chi connectivity index (χ4n) is 6.18. The molecule has 0 radical (unpaired) electrons. The molecule has 2 atom stereocenters. The van der Waals surface area contributed by atoms with Gasteiger partial charge in [0.25, 0.3) is 0 Å². The van der Waals surface area contributed by atoms with E-state index in [1.807, 2.05) is 18.2 Å². The van der Waals surface area contributed by atoms with Crippen LogP contribution in [-0.4, -0.2) is 25.5 Å². The van der Waals surface area contributed by atoms with Crippen molar-refractivity contribution in [3.8, 4) is 28.7 Å². The number of phenols is 5. The molecule has 2 unspecified atom stereocenters. The van der Waals surface area contributed by atoms with E-state index in [4.69, 9.17) is 0 Å². The minimum Gasteiger partial charge on any atom is -0.507 e. The summed E-state index contributed by atoms with van der Waals surface area (Å²) in [6, 6.07) is 8.19. The summed E-state index contributed by atoms with van der Waals surface area (Å²) >= 11 is 0. The zero-order valence-electron chi connectivity index (χ0n) is 16.8. The number of hydrogen-bond donors (Lipinski definition) is 5. The van der Waals surface area contributed by atoms with E-state index < -0.39 is 0 Å². The lowest BCUT2D eigenvalue weighted by molar-refractivity contribution is 0.358. The lowest BCUT2D eigenvalue weighted by Crippen LogP contribution is -2.35. The van der Waals surface area contributed by atoms with Gasteiger partial charge in [-0.3, -0.25) is 0 Å². The molecular formula is C26H22O5. The van der Waals surface area contributed by atoms with Crippen LogP contribution in [0.1, 0.15) is 47.9 Å². The number of hydrogen-bond acceptors (Lipinski definition) is 5. The molecule has 5 heteroatoms. The molecule has 156 valence electrons. The summed E-state index contributed by atoms with van der Waals surface area (Å²) in [5, 5.41) is 52.9. The van der Waals surface area contributed by atoms with Crippen LogP contribution in [0.25, 0.3) is 28.5 Å². The molecule has 3 aromatic carbocycles. The quantitative estimate of drug-likeness (QED) is 0.344. The van der Waals surface area contributed by atoms with Crippen molar-refractivity contribution in [2.24, 2.45) is 5.92 Å². The van der Waals surface area contributed by atoms with Crippen molar-refractivity contribution in [2.45, 2.75) is 31.1 Å². The van der Waals surface area contributed by atoms with Crippen LogP contribution < -0.4 is 0 Å². The smallest absolute Gasteiger partial charge is 0.169 e. The standard InChI is InChI=1S/C26H22O5/c27-19-5-1-4-16-18(11-21(29)25(31)22(16)19)14-9-13-10-20(28)24(30)17-7-6-15-3-2-8-26(15,12-14)23(13)17/h1,4-7,9-11,15,27-31H,2-3,8,12H2. The van der Waals surface area contributed by atoms with Crippen molar-refractivity contribution in [1.82, 2.24) is 0 Å². The Balaban J connectivity index is 1.67. The topological polar surface area (TPSA) is 101 Å². The molecule has 1 saturated carbocycles. The Labute approximate surface area is 178 Å². The summed E-state index contributed by atoms with van der Waals surface area (Å²) in [7, 11) is 0. The summed E-state index contributed by atoms with van der Waals surface area (Å²) in [6.45, 7) is 0. The van der Waals surface area contributed by atoms with E-state index in [2.05, 4.69) is 6.08 Å². The summed E-state index contributed by atoms with van der Waals surface area (Å²) in [4.78, 5) is 0.